The summed E-state index contributed by atoms with van der Waals surface area (Å²) < 4.78 is 7.27. The molecule has 2 heterocycles. The Hall–Kier alpha value is -2.35. The van der Waals surface area contributed by atoms with Gasteiger partial charge in [-0.05, 0) is 49.2 Å². The van der Waals surface area contributed by atoms with E-state index in [4.69, 9.17) is 16.3 Å². The molecule has 4 rings (SSSR count). The molecule has 0 fully saturated rings. The van der Waals surface area contributed by atoms with Crippen molar-refractivity contribution in [2.24, 2.45) is 0 Å². The van der Waals surface area contributed by atoms with Crippen LogP contribution in [0.5, 0.6) is 0 Å². The molecule has 0 N–H and O–H groups in total. The maximum absolute atomic E-state index is 13.2. The monoisotopic (exact) mass is 442 g/mol. The zero-order valence-corrected chi connectivity index (χ0v) is 18.5. The Balaban J connectivity index is 1.56. The normalized spacial score (nSPS) is 14.0. The fourth-order valence-electron chi connectivity index (χ4n) is 3.57. The van der Waals surface area contributed by atoms with Crippen LogP contribution in [0.15, 0.2) is 53.7 Å². The number of rotatable bonds is 7. The van der Waals surface area contributed by atoms with Crippen molar-refractivity contribution in [3.63, 3.8) is 0 Å². The number of anilines is 1. The van der Waals surface area contributed by atoms with Gasteiger partial charge in [-0.2, -0.15) is 0 Å². The first-order chi connectivity index (χ1) is 14.6. The summed E-state index contributed by atoms with van der Waals surface area (Å²) in [5.41, 5.74) is 3.15. The first-order valence-electron chi connectivity index (χ1n) is 9.82. The van der Waals surface area contributed by atoms with Gasteiger partial charge in [-0.3, -0.25) is 9.36 Å². The van der Waals surface area contributed by atoms with Gasteiger partial charge in [-0.15, -0.1) is 10.2 Å². The van der Waals surface area contributed by atoms with Gasteiger partial charge < -0.3 is 9.64 Å². The highest BCUT2D eigenvalue weighted by Gasteiger charge is 2.29. The summed E-state index contributed by atoms with van der Waals surface area (Å²) in [5.74, 6) is 0.816. The zero-order valence-electron chi connectivity index (χ0n) is 16.9. The lowest BCUT2D eigenvalue weighted by Gasteiger charge is -2.21. The van der Waals surface area contributed by atoms with Crippen molar-refractivity contribution in [2.45, 2.75) is 30.3 Å². The number of ether oxygens (including phenoxy) is 1. The Morgan fingerprint density at radius 3 is 2.73 bits per heavy atom. The molecule has 0 saturated heterocycles. The van der Waals surface area contributed by atoms with Crippen LogP contribution in [-0.4, -0.2) is 46.2 Å². The number of hydrogen-bond acceptors (Lipinski definition) is 5. The van der Waals surface area contributed by atoms with Crippen molar-refractivity contribution in [1.29, 1.82) is 0 Å². The fourth-order valence-corrected chi connectivity index (χ4v) is 4.63. The molecule has 156 valence electrons. The van der Waals surface area contributed by atoms with Gasteiger partial charge in [0.1, 0.15) is 0 Å². The number of carbonyl (C=O) groups is 1. The second kappa shape index (κ2) is 9.20. The van der Waals surface area contributed by atoms with Gasteiger partial charge in [0.2, 0.25) is 5.91 Å². The van der Waals surface area contributed by atoms with E-state index in [0.29, 0.717) is 23.3 Å². The van der Waals surface area contributed by atoms with Crippen molar-refractivity contribution in [1.82, 2.24) is 14.8 Å². The third kappa shape index (κ3) is 4.24. The van der Waals surface area contributed by atoms with E-state index < -0.39 is 0 Å². The van der Waals surface area contributed by atoms with E-state index in [0.717, 1.165) is 30.0 Å². The van der Waals surface area contributed by atoms with Gasteiger partial charge in [-0.25, -0.2) is 0 Å². The van der Waals surface area contributed by atoms with Crippen molar-refractivity contribution in [2.75, 3.05) is 25.2 Å². The third-order valence-electron chi connectivity index (χ3n) is 5.12. The summed E-state index contributed by atoms with van der Waals surface area (Å²) in [7, 11) is 1.66. The molecule has 1 amide bonds. The summed E-state index contributed by atoms with van der Waals surface area (Å²) in [6.45, 7) is 3.76. The topological polar surface area (TPSA) is 60.2 Å². The Labute approximate surface area is 185 Å². The first-order valence-corrected chi connectivity index (χ1v) is 11.1. The number of hydrogen-bond donors (Lipinski definition) is 0. The fraction of sp³-hybridized carbons (Fsp3) is 0.318. The molecule has 30 heavy (non-hydrogen) atoms. The van der Waals surface area contributed by atoms with Crippen LogP contribution in [0.3, 0.4) is 0 Å². The Morgan fingerprint density at radius 1 is 1.20 bits per heavy atom. The predicted octanol–water partition coefficient (Wildman–Crippen LogP) is 4.31. The van der Waals surface area contributed by atoms with E-state index in [1.807, 2.05) is 58.9 Å². The summed E-state index contributed by atoms with van der Waals surface area (Å²) in [6, 6.07) is 15.6. The maximum atomic E-state index is 13.2. The number of thioether (sulfide) groups is 1. The predicted molar refractivity (Wildman–Crippen MR) is 120 cm³/mol. The maximum Gasteiger partial charge on any atom is 0.240 e. The molecule has 1 aromatic heterocycles. The molecule has 0 aliphatic carbocycles. The van der Waals surface area contributed by atoms with Crippen LogP contribution in [-0.2, 0) is 22.5 Å². The van der Waals surface area contributed by atoms with E-state index in [1.54, 1.807) is 7.11 Å². The molecule has 3 aromatic rings. The SMILES string of the molecule is COCCn1c(SC(C)C(=O)N2CCc3ccccc32)nnc1-c1ccc(Cl)cc1. The lowest BCUT2D eigenvalue weighted by Crippen LogP contribution is -2.35. The minimum absolute atomic E-state index is 0.0827. The molecule has 1 aliphatic heterocycles. The molecule has 1 atom stereocenters. The number of benzene rings is 2. The van der Waals surface area contributed by atoms with Gasteiger partial charge in [0.15, 0.2) is 11.0 Å². The first kappa shape index (κ1) is 20.9. The van der Waals surface area contributed by atoms with Crippen molar-refractivity contribution < 1.29 is 9.53 Å². The van der Waals surface area contributed by atoms with Gasteiger partial charge in [0, 0.05) is 29.9 Å². The minimum Gasteiger partial charge on any atom is -0.383 e. The molecular formula is C22H23ClN4O2S. The van der Waals surface area contributed by atoms with Crippen LogP contribution in [0.25, 0.3) is 11.4 Å². The van der Waals surface area contributed by atoms with Crippen LogP contribution >= 0.6 is 23.4 Å². The summed E-state index contributed by atoms with van der Waals surface area (Å²) in [5, 5.41) is 9.84. The number of methoxy groups -OCH3 is 1. The van der Waals surface area contributed by atoms with E-state index in [2.05, 4.69) is 16.3 Å². The third-order valence-corrected chi connectivity index (χ3v) is 6.44. The quantitative estimate of drug-likeness (QED) is 0.510. The van der Waals surface area contributed by atoms with Gasteiger partial charge >= 0.3 is 0 Å². The molecule has 1 unspecified atom stereocenters. The highest BCUT2D eigenvalue weighted by atomic mass is 35.5. The van der Waals surface area contributed by atoms with E-state index >= 15 is 0 Å². The van der Waals surface area contributed by atoms with Crippen LogP contribution in [0.2, 0.25) is 5.02 Å². The number of aromatic nitrogens is 3. The van der Waals surface area contributed by atoms with E-state index in [9.17, 15) is 4.79 Å². The number of nitrogens with zero attached hydrogens (tertiary/aromatic N) is 4. The van der Waals surface area contributed by atoms with Crippen LogP contribution in [0.4, 0.5) is 5.69 Å². The number of fused-ring (bicyclic) bond motifs is 1. The van der Waals surface area contributed by atoms with E-state index in [1.165, 1.54) is 17.3 Å². The van der Waals surface area contributed by atoms with Gasteiger partial charge in [0.05, 0.1) is 18.4 Å². The van der Waals surface area contributed by atoms with E-state index in [-0.39, 0.29) is 11.2 Å². The van der Waals surface area contributed by atoms with Crippen LogP contribution in [0.1, 0.15) is 12.5 Å². The van der Waals surface area contributed by atoms with Crippen molar-refractivity contribution in [3.8, 4) is 11.4 Å². The average Bonchev–Trinajstić information content (AvgIpc) is 3.36. The standard InChI is InChI=1S/C22H23ClN4O2S/c1-15(21(28)26-12-11-16-5-3-4-6-19(16)26)30-22-25-24-20(27(22)13-14-29-2)17-7-9-18(23)10-8-17/h3-10,15H,11-14H2,1-2H3. The highest BCUT2D eigenvalue weighted by molar-refractivity contribution is 8.00. The molecule has 0 bridgehead atoms. The Morgan fingerprint density at radius 2 is 1.97 bits per heavy atom. The molecular weight excluding hydrogens is 420 g/mol. The number of para-hydroxylation sites is 1. The number of halogens is 1. The van der Waals surface area contributed by atoms with Crippen LogP contribution < -0.4 is 4.90 Å². The number of carbonyl (C=O) groups excluding carboxylic acids is 1. The second-order valence-electron chi connectivity index (χ2n) is 7.09. The van der Waals surface area contributed by atoms with Gasteiger partial charge in [0.25, 0.3) is 0 Å². The molecule has 0 radical (unpaired) electrons. The molecule has 1 aliphatic rings. The van der Waals surface area contributed by atoms with Crippen LogP contribution in [0, 0.1) is 0 Å². The molecule has 8 heteroatoms. The zero-order chi connectivity index (χ0) is 21.1. The molecule has 0 saturated carbocycles. The average molecular weight is 443 g/mol. The molecule has 2 aromatic carbocycles. The van der Waals surface area contributed by atoms with Gasteiger partial charge in [-0.1, -0.05) is 41.6 Å². The lowest BCUT2D eigenvalue weighted by atomic mass is 10.2. The Kier molecular flexibility index (Phi) is 6.41. The van der Waals surface area contributed by atoms with Crippen molar-refractivity contribution >= 4 is 35.0 Å². The molecule has 0 spiro atoms. The number of amides is 1. The highest BCUT2D eigenvalue weighted by Crippen LogP contribution is 2.32. The lowest BCUT2D eigenvalue weighted by molar-refractivity contribution is -0.117. The minimum atomic E-state index is -0.292. The Bertz CT molecular complexity index is 1040. The molecule has 6 nitrogen and oxygen atoms in total. The summed E-state index contributed by atoms with van der Waals surface area (Å²) in [4.78, 5) is 15.0. The summed E-state index contributed by atoms with van der Waals surface area (Å²) >= 11 is 7.45. The smallest absolute Gasteiger partial charge is 0.240 e. The summed E-state index contributed by atoms with van der Waals surface area (Å²) in [6.07, 6.45) is 0.893. The second-order valence-corrected chi connectivity index (χ2v) is 8.83. The largest absolute Gasteiger partial charge is 0.383 e. The van der Waals surface area contributed by atoms with Crippen molar-refractivity contribution in [3.05, 3.63) is 59.1 Å².